The van der Waals surface area contributed by atoms with E-state index in [1.165, 1.54) is 0 Å². The highest BCUT2D eigenvalue weighted by Crippen LogP contribution is 2.16. The highest BCUT2D eigenvalue weighted by atomic mass is 16.4. The fraction of sp³-hybridized carbons (Fsp3) is 0.200. The second-order valence-electron chi connectivity index (χ2n) is 3.15. The molecule has 2 aromatic rings. The van der Waals surface area contributed by atoms with E-state index in [9.17, 15) is 4.79 Å². The van der Waals surface area contributed by atoms with Gasteiger partial charge in [-0.2, -0.15) is 0 Å². The average Bonchev–Trinajstić information content (AvgIpc) is 2.60. The maximum Gasteiger partial charge on any atom is 0.326 e. The van der Waals surface area contributed by atoms with Crippen LogP contribution < -0.4 is 0 Å². The van der Waals surface area contributed by atoms with E-state index in [0.29, 0.717) is 0 Å². The first-order chi connectivity index (χ1) is 6.70. The quantitative estimate of drug-likeness (QED) is 0.783. The molecule has 1 atom stereocenters. The van der Waals surface area contributed by atoms with Crippen molar-refractivity contribution < 1.29 is 9.90 Å². The molecule has 4 nitrogen and oxygen atoms in total. The monoisotopic (exact) mass is 190 g/mol. The summed E-state index contributed by atoms with van der Waals surface area (Å²) in [5.41, 5.74) is 1.67. The minimum atomic E-state index is -0.854. The first-order valence-corrected chi connectivity index (χ1v) is 4.34. The molecular formula is C10H10N2O2. The van der Waals surface area contributed by atoms with Crippen LogP contribution in [0.4, 0.5) is 0 Å². The van der Waals surface area contributed by atoms with Crippen molar-refractivity contribution in [3.8, 4) is 0 Å². The van der Waals surface area contributed by atoms with E-state index < -0.39 is 12.0 Å². The number of carboxylic acid groups (broad SMARTS) is 1. The average molecular weight is 190 g/mol. The molecule has 0 bridgehead atoms. The highest BCUT2D eigenvalue weighted by molar-refractivity contribution is 5.79. The summed E-state index contributed by atoms with van der Waals surface area (Å²) in [6.45, 7) is 1.64. The number of rotatable bonds is 2. The summed E-state index contributed by atoms with van der Waals surface area (Å²) in [4.78, 5) is 14.9. The Kier molecular flexibility index (Phi) is 1.96. The first kappa shape index (κ1) is 8.74. The van der Waals surface area contributed by atoms with Gasteiger partial charge in [-0.3, -0.25) is 0 Å². The number of para-hydroxylation sites is 2. The Morgan fingerprint density at radius 2 is 2.21 bits per heavy atom. The molecule has 1 N–H and O–H groups in total. The molecule has 1 heterocycles. The van der Waals surface area contributed by atoms with Crippen molar-refractivity contribution >= 4 is 17.0 Å². The second-order valence-corrected chi connectivity index (χ2v) is 3.15. The van der Waals surface area contributed by atoms with Crippen molar-refractivity contribution in [1.82, 2.24) is 9.55 Å². The zero-order valence-corrected chi connectivity index (χ0v) is 7.71. The standard InChI is InChI=1S/C10H10N2O2/c1-7(10(13)14)12-6-11-8-4-2-3-5-9(8)12/h2-7H,1H3,(H,13,14)/t7-/m1/s1. The molecule has 0 saturated carbocycles. The topological polar surface area (TPSA) is 55.1 Å². The second kappa shape index (κ2) is 3.14. The van der Waals surface area contributed by atoms with Crippen LogP contribution in [-0.2, 0) is 4.79 Å². The van der Waals surface area contributed by atoms with Crippen LogP contribution in [0.5, 0.6) is 0 Å². The van der Waals surface area contributed by atoms with Crippen LogP contribution in [0.15, 0.2) is 30.6 Å². The van der Waals surface area contributed by atoms with Crippen LogP contribution in [-0.4, -0.2) is 20.6 Å². The fourth-order valence-electron chi connectivity index (χ4n) is 1.41. The molecule has 1 aromatic carbocycles. The van der Waals surface area contributed by atoms with Crippen LogP contribution in [0.1, 0.15) is 13.0 Å². The molecule has 72 valence electrons. The van der Waals surface area contributed by atoms with Crippen molar-refractivity contribution in [3.05, 3.63) is 30.6 Å². The Labute approximate surface area is 80.8 Å². The third-order valence-electron chi connectivity index (χ3n) is 2.26. The van der Waals surface area contributed by atoms with Gasteiger partial charge in [0.1, 0.15) is 6.04 Å². The number of aromatic nitrogens is 2. The highest BCUT2D eigenvalue weighted by Gasteiger charge is 2.14. The van der Waals surface area contributed by atoms with Gasteiger partial charge in [0.2, 0.25) is 0 Å². The van der Waals surface area contributed by atoms with Gasteiger partial charge in [-0.05, 0) is 19.1 Å². The molecule has 0 aliphatic carbocycles. The number of hydrogen-bond acceptors (Lipinski definition) is 2. The van der Waals surface area contributed by atoms with Crippen molar-refractivity contribution in [2.75, 3.05) is 0 Å². The zero-order valence-electron chi connectivity index (χ0n) is 7.71. The summed E-state index contributed by atoms with van der Waals surface area (Å²) in [5, 5.41) is 8.86. The van der Waals surface area contributed by atoms with Gasteiger partial charge < -0.3 is 9.67 Å². The van der Waals surface area contributed by atoms with Gasteiger partial charge in [-0.15, -0.1) is 0 Å². The SMILES string of the molecule is C[C@H](C(=O)O)n1cnc2ccccc21. The summed E-state index contributed by atoms with van der Waals surface area (Å²) < 4.78 is 1.65. The number of carboxylic acids is 1. The van der Waals surface area contributed by atoms with Gasteiger partial charge in [0, 0.05) is 0 Å². The van der Waals surface area contributed by atoms with E-state index in [0.717, 1.165) is 11.0 Å². The van der Waals surface area contributed by atoms with Gasteiger partial charge in [-0.1, -0.05) is 12.1 Å². The summed E-state index contributed by atoms with van der Waals surface area (Å²) >= 11 is 0. The smallest absolute Gasteiger partial charge is 0.326 e. The van der Waals surface area contributed by atoms with Crippen molar-refractivity contribution in [2.24, 2.45) is 0 Å². The largest absolute Gasteiger partial charge is 0.480 e. The lowest BCUT2D eigenvalue weighted by Gasteiger charge is -2.08. The number of imidazole rings is 1. The van der Waals surface area contributed by atoms with Crippen LogP contribution >= 0.6 is 0 Å². The molecule has 1 aromatic heterocycles. The molecule has 4 heteroatoms. The molecule has 14 heavy (non-hydrogen) atoms. The van der Waals surface area contributed by atoms with Gasteiger partial charge >= 0.3 is 5.97 Å². The van der Waals surface area contributed by atoms with E-state index in [-0.39, 0.29) is 0 Å². The van der Waals surface area contributed by atoms with Crippen molar-refractivity contribution in [1.29, 1.82) is 0 Å². The summed E-state index contributed by atoms with van der Waals surface area (Å²) in [6.07, 6.45) is 1.56. The molecule has 2 rings (SSSR count). The molecule has 0 unspecified atom stereocenters. The number of aliphatic carboxylic acids is 1. The maximum atomic E-state index is 10.8. The Bertz CT molecular complexity index is 476. The number of nitrogens with zero attached hydrogens (tertiary/aromatic N) is 2. The van der Waals surface area contributed by atoms with Gasteiger partial charge in [0.15, 0.2) is 0 Å². The van der Waals surface area contributed by atoms with Gasteiger partial charge in [-0.25, -0.2) is 9.78 Å². The molecule has 0 aliphatic rings. The minimum Gasteiger partial charge on any atom is -0.480 e. The predicted octanol–water partition coefficient (Wildman–Crippen LogP) is 1.68. The van der Waals surface area contributed by atoms with Crippen molar-refractivity contribution in [3.63, 3.8) is 0 Å². The Morgan fingerprint density at radius 3 is 2.93 bits per heavy atom. The normalized spacial score (nSPS) is 12.9. The van der Waals surface area contributed by atoms with E-state index in [2.05, 4.69) is 4.98 Å². The van der Waals surface area contributed by atoms with Crippen LogP contribution in [0.25, 0.3) is 11.0 Å². The number of benzene rings is 1. The third kappa shape index (κ3) is 1.25. The van der Waals surface area contributed by atoms with Gasteiger partial charge in [0.25, 0.3) is 0 Å². The molecule has 0 radical (unpaired) electrons. The van der Waals surface area contributed by atoms with E-state index in [4.69, 9.17) is 5.11 Å². The molecule has 0 spiro atoms. The minimum absolute atomic E-state index is 0.581. The molecular weight excluding hydrogens is 180 g/mol. The third-order valence-corrected chi connectivity index (χ3v) is 2.26. The zero-order chi connectivity index (χ0) is 10.1. The molecule has 0 saturated heterocycles. The molecule has 0 fully saturated rings. The van der Waals surface area contributed by atoms with Crippen LogP contribution in [0, 0.1) is 0 Å². The Hall–Kier alpha value is -1.84. The lowest BCUT2D eigenvalue weighted by Crippen LogP contribution is -2.14. The Balaban J connectivity index is 2.58. The van der Waals surface area contributed by atoms with Crippen LogP contribution in [0.2, 0.25) is 0 Å². The first-order valence-electron chi connectivity index (χ1n) is 4.34. The van der Waals surface area contributed by atoms with E-state index >= 15 is 0 Å². The maximum absolute atomic E-state index is 10.8. The summed E-state index contributed by atoms with van der Waals surface area (Å²) in [7, 11) is 0. The molecule has 0 aliphatic heterocycles. The number of fused-ring (bicyclic) bond motifs is 1. The number of carbonyl (C=O) groups is 1. The van der Waals surface area contributed by atoms with Crippen molar-refractivity contribution in [2.45, 2.75) is 13.0 Å². The fourth-order valence-corrected chi connectivity index (χ4v) is 1.41. The van der Waals surface area contributed by atoms with Gasteiger partial charge in [0.05, 0.1) is 17.4 Å². The lowest BCUT2D eigenvalue weighted by atomic mass is 10.3. The predicted molar refractivity (Wildman–Crippen MR) is 52.1 cm³/mol. The lowest BCUT2D eigenvalue weighted by molar-refractivity contribution is -0.140. The van der Waals surface area contributed by atoms with Crippen LogP contribution in [0.3, 0.4) is 0 Å². The number of hydrogen-bond donors (Lipinski definition) is 1. The Morgan fingerprint density at radius 1 is 1.50 bits per heavy atom. The summed E-state index contributed by atoms with van der Waals surface area (Å²) in [5.74, 6) is -0.854. The molecule has 0 amide bonds. The van der Waals surface area contributed by atoms with E-state index in [1.54, 1.807) is 17.8 Å². The van der Waals surface area contributed by atoms with E-state index in [1.807, 2.05) is 24.3 Å². The summed E-state index contributed by atoms with van der Waals surface area (Å²) in [6, 6.07) is 6.89.